The van der Waals surface area contributed by atoms with E-state index in [-0.39, 0.29) is 5.56 Å². The highest BCUT2D eigenvalue weighted by atomic mass is 32.1. The summed E-state index contributed by atoms with van der Waals surface area (Å²) in [5, 5.41) is 13.6. The SMILES string of the molecule is CCC1CCc2c(sc(NC(=O)c3cc4ccccc4oc3=O)c2C#N)C1. The highest BCUT2D eigenvalue weighted by Crippen LogP contribution is 2.40. The highest BCUT2D eigenvalue weighted by molar-refractivity contribution is 7.16. The Hall–Kier alpha value is -2.91. The average Bonchev–Trinajstić information content (AvgIpc) is 3.03. The van der Waals surface area contributed by atoms with Gasteiger partial charge in [-0.3, -0.25) is 4.79 Å². The number of nitrogens with one attached hydrogen (secondary N) is 1. The van der Waals surface area contributed by atoms with Crippen LogP contribution in [0.1, 0.15) is 46.1 Å². The van der Waals surface area contributed by atoms with Gasteiger partial charge in [0.15, 0.2) is 0 Å². The minimum absolute atomic E-state index is 0.0598. The number of hydrogen-bond acceptors (Lipinski definition) is 5. The van der Waals surface area contributed by atoms with Gasteiger partial charge in [0.1, 0.15) is 22.2 Å². The van der Waals surface area contributed by atoms with Crippen LogP contribution in [-0.2, 0) is 12.8 Å². The summed E-state index contributed by atoms with van der Waals surface area (Å²) >= 11 is 1.45. The van der Waals surface area contributed by atoms with E-state index in [1.165, 1.54) is 22.3 Å². The van der Waals surface area contributed by atoms with E-state index in [2.05, 4.69) is 18.3 Å². The first-order valence-corrected chi connectivity index (χ1v) is 9.81. The maximum absolute atomic E-state index is 12.7. The van der Waals surface area contributed by atoms with Crippen LogP contribution in [0, 0.1) is 17.2 Å². The molecule has 6 heteroatoms. The van der Waals surface area contributed by atoms with Gasteiger partial charge in [0.25, 0.3) is 5.91 Å². The molecule has 0 spiro atoms. The van der Waals surface area contributed by atoms with Crippen molar-refractivity contribution < 1.29 is 9.21 Å². The van der Waals surface area contributed by atoms with E-state index < -0.39 is 11.5 Å². The fraction of sp³-hybridized carbons (Fsp3) is 0.286. The Balaban J connectivity index is 1.68. The van der Waals surface area contributed by atoms with Gasteiger partial charge in [-0.15, -0.1) is 11.3 Å². The number of amides is 1. The summed E-state index contributed by atoms with van der Waals surface area (Å²) in [6.45, 7) is 2.18. The predicted molar refractivity (Wildman–Crippen MR) is 105 cm³/mol. The molecule has 1 aliphatic carbocycles. The van der Waals surface area contributed by atoms with Crippen molar-refractivity contribution in [3.8, 4) is 6.07 Å². The first-order valence-electron chi connectivity index (χ1n) is 8.99. The van der Waals surface area contributed by atoms with Gasteiger partial charge in [-0.05, 0) is 42.9 Å². The molecule has 1 N–H and O–H groups in total. The Bertz CT molecular complexity index is 1140. The molecule has 0 bridgehead atoms. The van der Waals surface area contributed by atoms with Gasteiger partial charge in [-0.25, -0.2) is 4.79 Å². The molecule has 2 heterocycles. The molecule has 1 amide bonds. The summed E-state index contributed by atoms with van der Waals surface area (Å²) in [6.07, 6.45) is 3.98. The molecular weight excluding hydrogens is 360 g/mol. The molecule has 136 valence electrons. The first kappa shape index (κ1) is 17.5. The number of anilines is 1. The monoisotopic (exact) mass is 378 g/mol. The molecule has 27 heavy (non-hydrogen) atoms. The van der Waals surface area contributed by atoms with E-state index in [9.17, 15) is 14.9 Å². The molecule has 1 aromatic carbocycles. The summed E-state index contributed by atoms with van der Waals surface area (Å²) < 4.78 is 5.24. The topological polar surface area (TPSA) is 83.1 Å². The smallest absolute Gasteiger partial charge is 0.349 e. The lowest BCUT2D eigenvalue weighted by molar-refractivity contribution is 0.102. The zero-order valence-electron chi connectivity index (χ0n) is 14.9. The number of para-hydroxylation sites is 1. The predicted octanol–water partition coefficient (Wildman–Crippen LogP) is 4.49. The van der Waals surface area contributed by atoms with E-state index in [0.29, 0.717) is 27.5 Å². The van der Waals surface area contributed by atoms with Crippen LogP contribution in [0.2, 0.25) is 0 Å². The van der Waals surface area contributed by atoms with Crippen molar-refractivity contribution in [3.63, 3.8) is 0 Å². The van der Waals surface area contributed by atoms with Crippen molar-refractivity contribution in [1.29, 1.82) is 5.26 Å². The molecule has 0 saturated carbocycles. The summed E-state index contributed by atoms with van der Waals surface area (Å²) in [4.78, 5) is 26.1. The van der Waals surface area contributed by atoms with Crippen molar-refractivity contribution in [3.05, 3.63) is 62.3 Å². The lowest BCUT2D eigenvalue weighted by atomic mass is 9.86. The van der Waals surface area contributed by atoms with E-state index >= 15 is 0 Å². The Labute approximate surface area is 160 Å². The lowest BCUT2D eigenvalue weighted by Crippen LogP contribution is -2.20. The van der Waals surface area contributed by atoms with Crippen LogP contribution in [-0.4, -0.2) is 5.91 Å². The number of nitriles is 1. The van der Waals surface area contributed by atoms with Crippen molar-refractivity contribution in [2.24, 2.45) is 5.92 Å². The molecule has 1 unspecified atom stereocenters. The molecule has 5 nitrogen and oxygen atoms in total. The third-order valence-electron chi connectivity index (χ3n) is 5.17. The van der Waals surface area contributed by atoms with Crippen LogP contribution < -0.4 is 10.9 Å². The second kappa shape index (κ2) is 7.01. The van der Waals surface area contributed by atoms with Crippen LogP contribution in [0.25, 0.3) is 11.0 Å². The zero-order valence-corrected chi connectivity index (χ0v) is 15.7. The Morgan fingerprint density at radius 2 is 2.22 bits per heavy atom. The molecule has 3 aromatic rings. The molecule has 0 fully saturated rings. The number of nitrogens with zero attached hydrogens (tertiary/aromatic N) is 1. The quantitative estimate of drug-likeness (QED) is 0.681. The van der Waals surface area contributed by atoms with Crippen LogP contribution in [0.3, 0.4) is 0 Å². The molecule has 1 atom stereocenters. The van der Waals surface area contributed by atoms with Crippen LogP contribution in [0.15, 0.2) is 39.5 Å². The highest BCUT2D eigenvalue weighted by Gasteiger charge is 2.26. The van der Waals surface area contributed by atoms with Gasteiger partial charge >= 0.3 is 5.63 Å². The number of carbonyl (C=O) groups is 1. The molecule has 1 aliphatic rings. The number of hydrogen-bond donors (Lipinski definition) is 1. The van der Waals surface area contributed by atoms with Crippen molar-refractivity contribution in [1.82, 2.24) is 0 Å². The van der Waals surface area contributed by atoms with E-state index in [0.717, 1.165) is 31.2 Å². The van der Waals surface area contributed by atoms with Crippen molar-refractivity contribution in [2.45, 2.75) is 32.6 Å². The summed E-state index contributed by atoms with van der Waals surface area (Å²) in [5.74, 6) is 0.0791. The second-order valence-electron chi connectivity index (χ2n) is 6.78. The fourth-order valence-electron chi connectivity index (χ4n) is 3.60. The number of benzene rings is 1. The first-order chi connectivity index (χ1) is 13.1. The van der Waals surface area contributed by atoms with Gasteiger partial charge in [-0.2, -0.15) is 5.26 Å². The Kier molecular flexibility index (Phi) is 4.54. The molecule has 0 saturated heterocycles. The maximum Gasteiger partial charge on any atom is 0.349 e. The summed E-state index contributed by atoms with van der Waals surface area (Å²) in [6, 6.07) is 10.8. The van der Waals surface area contributed by atoms with Gasteiger partial charge in [0.05, 0.1) is 5.56 Å². The molecule has 0 radical (unpaired) electrons. The molecule has 4 rings (SSSR count). The van der Waals surface area contributed by atoms with Crippen LogP contribution in [0.4, 0.5) is 5.00 Å². The lowest BCUT2D eigenvalue weighted by Gasteiger charge is -2.20. The van der Waals surface area contributed by atoms with Crippen molar-refractivity contribution in [2.75, 3.05) is 5.32 Å². The van der Waals surface area contributed by atoms with Gasteiger partial charge in [-0.1, -0.05) is 31.5 Å². The summed E-state index contributed by atoms with van der Waals surface area (Å²) in [5.41, 5.74) is 1.28. The Morgan fingerprint density at radius 3 is 3.00 bits per heavy atom. The minimum Gasteiger partial charge on any atom is -0.422 e. The Morgan fingerprint density at radius 1 is 1.41 bits per heavy atom. The minimum atomic E-state index is -0.683. The normalized spacial score (nSPS) is 15.9. The number of carbonyl (C=O) groups excluding carboxylic acids is 1. The standard InChI is InChI=1S/C21H18N2O3S/c1-2-12-7-8-14-16(11-22)20(27-18(14)9-12)23-19(24)15-10-13-5-3-4-6-17(13)26-21(15)25/h3-6,10,12H,2,7-9H2,1H3,(H,23,24). The van der Waals surface area contributed by atoms with Crippen molar-refractivity contribution >= 4 is 33.2 Å². The third kappa shape index (κ3) is 3.15. The van der Waals surface area contributed by atoms with Gasteiger partial charge in [0.2, 0.25) is 0 Å². The van der Waals surface area contributed by atoms with E-state index in [1.807, 2.05) is 6.07 Å². The zero-order chi connectivity index (χ0) is 19.0. The van der Waals surface area contributed by atoms with Crippen LogP contribution >= 0.6 is 11.3 Å². The largest absolute Gasteiger partial charge is 0.422 e. The molecular formula is C21H18N2O3S. The number of fused-ring (bicyclic) bond motifs is 2. The van der Waals surface area contributed by atoms with Gasteiger partial charge in [0, 0.05) is 10.3 Å². The van der Waals surface area contributed by atoms with Gasteiger partial charge < -0.3 is 9.73 Å². The fourth-order valence-corrected chi connectivity index (χ4v) is 4.91. The molecule has 0 aliphatic heterocycles. The van der Waals surface area contributed by atoms with E-state index in [4.69, 9.17) is 4.42 Å². The average molecular weight is 378 g/mol. The van der Waals surface area contributed by atoms with Crippen LogP contribution in [0.5, 0.6) is 0 Å². The summed E-state index contributed by atoms with van der Waals surface area (Å²) in [7, 11) is 0. The number of rotatable bonds is 3. The number of thiophene rings is 1. The second-order valence-corrected chi connectivity index (χ2v) is 7.88. The third-order valence-corrected chi connectivity index (χ3v) is 6.34. The molecule has 2 aromatic heterocycles. The van der Waals surface area contributed by atoms with E-state index in [1.54, 1.807) is 18.2 Å². The maximum atomic E-state index is 12.7.